The Balaban J connectivity index is 1.56. The van der Waals surface area contributed by atoms with Crippen molar-refractivity contribution < 1.29 is 22.7 Å². The molecule has 30 heavy (non-hydrogen) atoms. The summed E-state index contributed by atoms with van der Waals surface area (Å²) in [5.74, 6) is -0.452. The molecule has 2 heterocycles. The van der Waals surface area contributed by atoms with Gasteiger partial charge in [-0.2, -0.15) is 4.31 Å². The highest BCUT2D eigenvalue weighted by molar-refractivity contribution is 7.89. The Hall–Kier alpha value is -1.81. The number of sulfonamides is 1. The minimum Gasteiger partial charge on any atom is -0.491 e. The zero-order valence-electron chi connectivity index (χ0n) is 16.7. The van der Waals surface area contributed by atoms with E-state index in [2.05, 4.69) is 5.32 Å². The molecule has 1 saturated heterocycles. The number of amides is 2. The van der Waals surface area contributed by atoms with Crippen LogP contribution in [0.3, 0.4) is 0 Å². The van der Waals surface area contributed by atoms with Gasteiger partial charge in [-0.3, -0.25) is 9.59 Å². The minimum atomic E-state index is -3.66. The molecule has 8 nitrogen and oxygen atoms in total. The van der Waals surface area contributed by atoms with E-state index in [9.17, 15) is 18.0 Å². The maximum atomic E-state index is 12.8. The molecular formula is C19H23Cl2N3O5S. The van der Waals surface area contributed by atoms with Crippen molar-refractivity contribution in [2.45, 2.75) is 17.7 Å². The van der Waals surface area contributed by atoms with Crippen molar-refractivity contribution in [3.8, 4) is 0 Å². The minimum absolute atomic E-state index is 0.0672. The molecule has 2 aliphatic rings. The first-order valence-corrected chi connectivity index (χ1v) is 11.6. The fourth-order valence-electron chi connectivity index (χ4n) is 3.55. The second-order valence-electron chi connectivity index (χ2n) is 7.31. The Morgan fingerprint density at radius 2 is 1.90 bits per heavy atom. The van der Waals surface area contributed by atoms with E-state index in [4.69, 9.17) is 27.9 Å². The number of likely N-dealkylation sites (N-methyl/N-ethyl adjacent to an activating group) is 1. The fraction of sp³-hybridized carbons (Fsp3) is 0.474. The summed E-state index contributed by atoms with van der Waals surface area (Å²) in [6.07, 6.45) is 1.21. The van der Waals surface area contributed by atoms with Crippen LogP contribution in [0.2, 0.25) is 10.0 Å². The summed E-state index contributed by atoms with van der Waals surface area (Å²) in [6, 6.07) is 4.26. The van der Waals surface area contributed by atoms with Crippen LogP contribution < -0.4 is 5.32 Å². The van der Waals surface area contributed by atoms with E-state index in [1.807, 2.05) is 0 Å². The van der Waals surface area contributed by atoms with Crippen LogP contribution in [0.15, 0.2) is 34.4 Å². The van der Waals surface area contributed by atoms with Crippen LogP contribution in [-0.2, 0) is 24.3 Å². The quantitative estimate of drug-likeness (QED) is 0.677. The van der Waals surface area contributed by atoms with E-state index < -0.39 is 10.0 Å². The molecule has 0 unspecified atom stereocenters. The first-order chi connectivity index (χ1) is 14.1. The maximum Gasteiger partial charge on any atom is 0.289 e. The Morgan fingerprint density at radius 3 is 2.50 bits per heavy atom. The van der Waals surface area contributed by atoms with Gasteiger partial charge < -0.3 is 15.0 Å². The predicted octanol–water partition coefficient (Wildman–Crippen LogP) is 1.88. The zero-order valence-corrected chi connectivity index (χ0v) is 19.0. The molecule has 1 fully saturated rings. The monoisotopic (exact) mass is 475 g/mol. The van der Waals surface area contributed by atoms with Gasteiger partial charge in [0.15, 0.2) is 5.76 Å². The van der Waals surface area contributed by atoms with Gasteiger partial charge in [0.25, 0.3) is 11.8 Å². The number of carbonyl (C=O) groups excluding carboxylic acids is 2. The third-order valence-electron chi connectivity index (χ3n) is 5.34. The highest BCUT2D eigenvalue weighted by atomic mass is 35.5. The summed E-state index contributed by atoms with van der Waals surface area (Å²) in [5.41, 5.74) is 0.310. The molecule has 2 amide bonds. The Morgan fingerprint density at radius 1 is 1.23 bits per heavy atom. The van der Waals surface area contributed by atoms with Crippen molar-refractivity contribution in [2.24, 2.45) is 5.92 Å². The molecule has 1 aromatic rings. The number of halogens is 2. The summed E-state index contributed by atoms with van der Waals surface area (Å²) in [4.78, 5) is 25.9. The summed E-state index contributed by atoms with van der Waals surface area (Å²) >= 11 is 11.8. The summed E-state index contributed by atoms with van der Waals surface area (Å²) in [7, 11) is -0.688. The molecule has 0 atom stereocenters. The van der Waals surface area contributed by atoms with Gasteiger partial charge in [0.1, 0.15) is 0 Å². The van der Waals surface area contributed by atoms with Gasteiger partial charge >= 0.3 is 0 Å². The lowest BCUT2D eigenvalue weighted by Crippen LogP contribution is -2.41. The molecular weight excluding hydrogens is 453 g/mol. The lowest BCUT2D eigenvalue weighted by atomic mass is 9.98. The van der Waals surface area contributed by atoms with Crippen molar-refractivity contribution in [1.29, 1.82) is 0 Å². The van der Waals surface area contributed by atoms with Gasteiger partial charge in [0, 0.05) is 26.7 Å². The zero-order chi connectivity index (χ0) is 22.1. The SMILES string of the molecule is COC1=C(C(=O)NCC2CCN(S(=O)(=O)c3ccc(Cl)c(Cl)c3)CC2)CN(C)C1=O. The maximum absolute atomic E-state index is 12.8. The number of benzene rings is 1. The molecule has 0 saturated carbocycles. The van der Waals surface area contributed by atoms with Crippen LogP contribution in [-0.4, -0.2) is 69.8 Å². The third kappa shape index (κ3) is 4.59. The Bertz CT molecular complexity index is 988. The van der Waals surface area contributed by atoms with Gasteiger partial charge in [-0.05, 0) is 37.0 Å². The smallest absolute Gasteiger partial charge is 0.289 e. The average molecular weight is 476 g/mol. The summed E-state index contributed by atoms with van der Waals surface area (Å²) in [6.45, 7) is 1.29. The van der Waals surface area contributed by atoms with Gasteiger partial charge in [0.2, 0.25) is 10.0 Å². The van der Waals surface area contributed by atoms with Crippen molar-refractivity contribution in [3.05, 3.63) is 39.6 Å². The number of nitrogens with one attached hydrogen (secondary N) is 1. The largest absolute Gasteiger partial charge is 0.491 e. The van der Waals surface area contributed by atoms with Gasteiger partial charge in [-0.15, -0.1) is 0 Å². The summed E-state index contributed by atoms with van der Waals surface area (Å²) in [5, 5.41) is 3.33. The first-order valence-electron chi connectivity index (χ1n) is 9.41. The fourth-order valence-corrected chi connectivity index (χ4v) is 5.41. The molecule has 3 rings (SSSR count). The van der Waals surface area contributed by atoms with Gasteiger partial charge in [0.05, 0.1) is 34.2 Å². The van der Waals surface area contributed by atoms with Crippen LogP contribution in [0.5, 0.6) is 0 Å². The van der Waals surface area contributed by atoms with Crippen LogP contribution in [0.25, 0.3) is 0 Å². The number of rotatable bonds is 6. The number of piperidine rings is 1. The molecule has 2 aliphatic heterocycles. The molecule has 1 N–H and O–H groups in total. The summed E-state index contributed by atoms with van der Waals surface area (Å²) < 4.78 is 32.1. The number of nitrogens with zero attached hydrogens (tertiary/aromatic N) is 2. The van der Waals surface area contributed by atoms with Crippen molar-refractivity contribution in [3.63, 3.8) is 0 Å². The predicted molar refractivity (Wildman–Crippen MR) is 113 cm³/mol. The first kappa shape index (κ1) is 22.9. The third-order valence-corrected chi connectivity index (χ3v) is 7.98. The molecule has 0 aliphatic carbocycles. The molecule has 11 heteroatoms. The Kier molecular flexibility index (Phi) is 6.96. The highest BCUT2D eigenvalue weighted by Gasteiger charge is 2.34. The molecule has 164 valence electrons. The lowest BCUT2D eigenvalue weighted by Gasteiger charge is -2.31. The second-order valence-corrected chi connectivity index (χ2v) is 10.1. The van der Waals surface area contributed by atoms with Crippen LogP contribution in [0.1, 0.15) is 12.8 Å². The Labute approximate surface area is 185 Å². The van der Waals surface area contributed by atoms with E-state index in [0.29, 0.717) is 43.1 Å². The van der Waals surface area contributed by atoms with E-state index in [1.165, 1.54) is 34.5 Å². The van der Waals surface area contributed by atoms with Crippen LogP contribution in [0.4, 0.5) is 0 Å². The number of hydrogen-bond donors (Lipinski definition) is 1. The standard InChI is InChI=1S/C19H23Cl2N3O5S/c1-23-11-14(17(29-2)19(23)26)18(25)22-10-12-5-7-24(8-6-12)30(27,28)13-3-4-15(20)16(21)9-13/h3-4,9,12H,5-8,10-11H2,1-2H3,(H,22,25). The van der Waals surface area contributed by atoms with Gasteiger partial charge in [-0.1, -0.05) is 23.2 Å². The molecule has 0 bridgehead atoms. The number of methoxy groups -OCH3 is 1. The average Bonchev–Trinajstić information content (AvgIpc) is 3.02. The van der Waals surface area contributed by atoms with E-state index >= 15 is 0 Å². The number of carbonyl (C=O) groups is 2. The van der Waals surface area contributed by atoms with Crippen molar-refractivity contribution >= 4 is 45.0 Å². The molecule has 1 aromatic carbocycles. The van der Waals surface area contributed by atoms with Crippen LogP contribution >= 0.6 is 23.2 Å². The van der Waals surface area contributed by atoms with Crippen molar-refractivity contribution in [1.82, 2.24) is 14.5 Å². The number of hydrogen-bond acceptors (Lipinski definition) is 5. The molecule has 0 spiro atoms. The van der Waals surface area contributed by atoms with Gasteiger partial charge in [-0.25, -0.2) is 8.42 Å². The second kappa shape index (κ2) is 9.13. The topological polar surface area (TPSA) is 96.0 Å². The highest BCUT2D eigenvalue weighted by Crippen LogP contribution is 2.29. The normalized spacial score (nSPS) is 18.8. The van der Waals surface area contributed by atoms with E-state index in [1.54, 1.807) is 7.05 Å². The molecule has 0 radical (unpaired) electrons. The van der Waals surface area contributed by atoms with E-state index in [-0.39, 0.29) is 40.0 Å². The number of ether oxygens (including phenoxy) is 1. The van der Waals surface area contributed by atoms with Crippen molar-refractivity contribution in [2.75, 3.05) is 40.3 Å². The lowest BCUT2D eigenvalue weighted by molar-refractivity contribution is -0.127. The van der Waals surface area contributed by atoms with Crippen LogP contribution in [0, 0.1) is 5.92 Å². The van der Waals surface area contributed by atoms with E-state index in [0.717, 1.165) is 0 Å². The molecule has 0 aromatic heterocycles.